The van der Waals surface area contributed by atoms with E-state index in [1.54, 1.807) is 0 Å². The van der Waals surface area contributed by atoms with E-state index in [0.29, 0.717) is 25.7 Å². The van der Waals surface area contributed by atoms with Crippen LogP contribution in [0.1, 0.15) is 362 Å². The number of unbranched alkanes of at least 4 members (excludes halogenated alkanes) is 42. The zero-order chi connectivity index (χ0) is 67.5. The summed E-state index contributed by atoms with van der Waals surface area (Å²) in [4.78, 5) is 72.7. The van der Waals surface area contributed by atoms with Crippen LogP contribution in [0.5, 0.6) is 0 Å². The van der Waals surface area contributed by atoms with Crippen molar-refractivity contribution in [3.63, 3.8) is 0 Å². The Bertz CT molecular complexity index is 1850. The summed E-state index contributed by atoms with van der Waals surface area (Å²) in [6, 6.07) is 0. The zero-order valence-electron chi connectivity index (χ0n) is 59.0. The highest BCUT2D eigenvalue weighted by Gasteiger charge is 2.30. The molecule has 0 aliphatic rings. The molecule has 5 unspecified atom stereocenters. The predicted molar refractivity (Wildman–Crippen MR) is 372 cm³/mol. The predicted octanol–water partition coefficient (Wildman–Crippen LogP) is 21.0. The van der Waals surface area contributed by atoms with E-state index < -0.39 is 97.5 Å². The van der Waals surface area contributed by atoms with Gasteiger partial charge in [-0.2, -0.15) is 0 Å². The number of phosphoric ester groups is 2. The lowest BCUT2D eigenvalue weighted by Crippen LogP contribution is -2.30. The molecule has 17 nitrogen and oxygen atoms in total. The van der Waals surface area contributed by atoms with Crippen molar-refractivity contribution in [1.82, 2.24) is 0 Å². The summed E-state index contributed by atoms with van der Waals surface area (Å²) in [6.07, 6.45) is 58.8. The van der Waals surface area contributed by atoms with E-state index in [0.717, 1.165) is 122 Å². The minimum Gasteiger partial charge on any atom is -0.462 e. The molecule has 0 bridgehead atoms. The van der Waals surface area contributed by atoms with Crippen molar-refractivity contribution >= 4 is 39.5 Å². The molecular formula is C73H138O17P2. The molecule has 0 aromatic carbocycles. The second-order valence-electron chi connectivity index (χ2n) is 25.6. The average Bonchev–Trinajstić information content (AvgIpc) is 3.63. The highest BCUT2D eigenvalue weighted by atomic mass is 31.2. The van der Waals surface area contributed by atoms with Crippen LogP contribution in [-0.2, 0) is 65.4 Å². The van der Waals surface area contributed by atoms with E-state index in [1.807, 2.05) is 0 Å². The molecule has 92 heavy (non-hydrogen) atoms. The fourth-order valence-corrected chi connectivity index (χ4v) is 12.2. The lowest BCUT2D eigenvalue weighted by atomic mass is 10.0. The molecule has 0 saturated heterocycles. The average molecular weight is 1350 g/mol. The Hall–Kier alpha value is -2.46. The molecule has 5 atom stereocenters. The van der Waals surface area contributed by atoms with Gasteiger partial charge in [0.2, 0.25) is 0 Å². The van der Waals surface area contributed by atoms with Gasteiger partial charge in [-0.1, -0.05) is 283 Å². The second-order valence-corrected chi connectivity index (χ2v) is 28.5. The summed E-state index contributed by atoms with van der Waals surface area (Å²) < 4.78 is 68.4. The first kappa shape index (κ1) is 89.5. The first-order valence-corrected chi connectivity index (χ1v) is 40.6. The van der Waals surface area contributed by atoms with Crippen molar-refractivity contribution in [1.29, 1.82) is 0 Å². The van der Waals surface area contributed by atoms with Crippen molar-refractivity contribution in [2.45, 2.75) is 380 Å². The van der Waals surface area contributed by atoms with Crippen molar-refractivity contribution in [3.8, 4) is 0 Å². The third kappa shape index (κ3) is 66.2. The summed E-state index contributed by atoms with van der Waals surface area (Å²) in [5.41, 5.74) is 0. The number of ether oxygens (including phenoxy) is 4. The molecule has 0 aromatic heterocycles. The summed E-state index contributed by atoms with van der Waals surface area (Å²) in [5.74, 6) is -2.15. The van der Waals surface area contributed by atoms with Crippen LogP contribution in [0.4, 0.5) is 0 Å². The number of carbonyl (C=O) groups is 4. The van der Waals surface area contributed by atoms with Crippen LogP contribution in [0.3, 0.4) is 0 Å². The molecule has 0 rings (SSSR count). The number of allylic oxidation sites excluding steroid dienone is 4. The first-order chi connectivity index (χ1) is 44.7. The van der Waals surface area contributed by atoms with Gasteiger partial charge in [0.1, 0.15) is 19.3 Å². The number of esters is 4. The Morgan fingerprint density at radius 1 is 0.293 bits per heavy atom. The molecule has 542 valence electrons. The zero-order valence-corrected chi connectivity index (χ0v) is 60.8. The molecule has 0 saturated carbocycles. The first-order valence-electron chi connectivity index (χ1n) is 37.6. The van der Waals surface area contributed by atoms with Gasteiger partial charge < -0.3 is 33.8 Å². The van der Waals surface area contributed by atoms with E-state index in [-0.39, 0.29) is 25.7 Å². The second kappa shape index (κ2) is 67.1. The van der Waals surface area contributed by atoms with Gasteiger partial charge in [-0.15, -0.1) is 0 Å². The van der Waals surface area contributed by atoms with Crippen LogP contribution in [0.15, 0.2) is 24.3 Å². The van der Waals surface area contributed by atoms with Gasteiger partial charge >= 0.3 is 39.5 Å². The lowest BCUT2D eigenvalue weighted by Gasteiger charge is -2.21. The van der Waals surface area contributed by atoms with Crippen LogP contribution in [-0.4, -0.2) is 96.7 Å². The van der Waals surface area contributed by atoms with E-state index >= 15 is 0 Å². The van der Waals surface area contributed by atoms with Gasteiger partial charge in [-0.3, -0.25) is 37.3 Å². The van der Waals surface area contributed by atoms with Gasteiger partial charge in [0.25, 0.3) is 0 Å². The quantitative estimate of drug-likeness (QED) is 0.0169. The van der Waals surface area contributed by atoms with Crippen molar-refractivity contribution in [2.24, 2.45) is 0 Å². The van der Waals surface area contributed by atoms with Crippen LogP contribution >= 0.6 is 15.6 Å². The normalized spacial score (nSPS) is 14.1. The third-order valence-electron chi connectivity index (χ3n) is 16.4. The summed E-state index contributed by atoms with van der Waals surface area (Å²) >= 11 is 0. The maximum absolute atomic E-state index is 13.0. The highest BCUT2D eigenvalue weighted by Crippen LogP contribution is 2.45. The summed E-state index contributed by atoms with van der Waals surface area (Å²) in [6.45, 7) is 4.90. The fraction of sp³-hybridized carbons (Fsp3) is 0.890. The van der Waals surface area contributed by atoms with Crippen molar-refractivity contribution < 1.29 is 80.2 Å². The van der Waals surface area contributed by atoms with E-state index in [2.05, 4.69) is 52.0 Å². The SMILES string of the molecule is CCCCCC/C=C\CCCCCCCC(=O)OCC(COP(=O)(O)OCC(O)COP(=O)(O)OCC(COC(=O)CCCCCCCCCCCCCCC)OC(=O)CCCCCCCCCCCCCCC)OC(=O)CCCCCCC/C=C\CCCCCC. The van der Waals surface area contributed by atoms with E-state index in [1.165, 1.54) is 161 Å². The minimum atomic E-state index is -4.96. The molecule has 0 aliphatic carbocycles. The van der Waals surface area contributed by atoms with Crippen molar-refractivity contribution in [3.05, 3.63) is 24.3 Å². The number of carbonyl (C=O) groups excluding carboxylic acids is 4. The molecule has 0 amide bonds. The Labute approximate surface area is 561 Å². The van der Waals surface area contributed by atoms with Gasteiger partial charge in [0, 0.05) is 25.7 Å². The number of phosphoric acid groups is 2. The molecule has 0 radical (unpaired) electrons. The number of aliphatic hydroxyl groups excluding tert-OH is 1. The monoisotopic (exact) mass is 1350 g/mol. The largest absolute Gasteiger partial charge is 0.472 e. The Kier molecular flexibility index (Phi) is 65.3. The molecular weight excluding hydrogens is 1210 g/mol. The topological polar surface area (TPSA) is 237 Å². The van der Waals surface area contributed by atoms with Crippen LogP contribution < -0.4 is 0 Å². The molecule has 0 fully saturated rings. The van der Waals surface area contributed by atoms with Gasteiger partial charge in [-0.25, -0.2) is 9.13 Å². The van der Waals surface area contributed by atoms with E-state index in [4.69, 9.17) is 37.0 Å². The lowest BCUT2D eigenvalue weighted by molar-refractivity contribution is -0.161. The number of rotatable bonds is 72. The van der Waals surface area contributed by atoms with Gasteiger partial charge in [0.05, 0.1) is 26.4 Å². The molecule has 0 aliphatic heterocycles. The molecule has 19 heteroatoms. The fourth-order valence-electron chi connectivity index (χ4n) is 10.6. The molecule has 3 N–H and O–H groups in total. The smallest absolute Gasteiger partial charge is 0.462 e. The molecule has 0 heterocycles. The number of aliphatic hydroxyl groups is 1. The van der Waals surface area contributed by atoms with Crippen LogP contribution in [0.25, 0.3) is 0 Å². The van der Waals surface area contributed by atoms with E-state index in [9.17, 15) is 43.2 Å². The van der Waals surface area contributed by atoms with Gasteiger partial charge in [0.15, 0.2) is 12.2 Å². The number of hydrogen-bond donors (Lipinski definition) is 3. The molecule has 0 spiro atoms. The Morgan fingerprint density at radius 3 is 0.761 bits per heavy atom. The highest BCUT2D eigenvalue weighted by molar-refractivity contribution is 7.47. The Balaban J connectivity index is 5.29. The third-order valence-corrected chi connectivity index (χ3v) is 18.3. The van der Waals surface area contributed by atoms with Crippen LogP contribution in [0.2, 0.25) is 0 Å². The van der Waals surface area contributed by atoms with Crippen molar-refractivity contribution in [2.75, 3.05) is 39.6 Å². The molecule has 0 aromatic rings. The summed E-state index contributed by atoms with van der Waals surface area (Å²) in [5, 5.41) is 10.6. The number of hydrogen-bond acceptors (Lipinski definition) is 15. The summed E-state index contributed by atoms with van der Waals surface area (Å²) in [7, 11) is -9.92. The minimum absolute atomic E-state index is 0.0904. The van der Waals surface area contributed by atoms with Gasteiger partial charge in [-0.05, 0) is 77.0 Å². The maximum Gasteiger partial charge on any atom is 0.472 e. The Morgan fingerprint density at radius 2 is 0.500 bits per heavy atom. The maximum atomic E-state index is 13.0. The van der Waals surface area contributed by atoms with Crippen LogP contribution in [0, 0.1) is 0 Å². The standard InChI is InChI=1S/C73H138O17P2/c1-5-9-13-17-21-25-29-33-37-41-45-49-53-57-70(75)83-63-68(89-72(77)59-55-51-47-43-39-35-31-27-23-19-15-11-7-3)65-87-91(79,80)85-61-67(74)62-86-92(81,82)88-66-69(90-73(78)60-56-52-48-44-40-36-32-28-24-20-16-12-8-4)64-84-71(76)58-54-50-46-42-38-34-30-26-22-18-14-10-6-2/h25,27,29,31,67-69,74H,5-24,26,28,30,32-66H2,1-4H3,(H,79,80)(H,81,82)/b29-25-,31-27-.